The van der Waals surface area contributed by atoms with Crippen LogP contribution in [0.1, 0.15) is 30.9 Å². The molecule has 164 valence electrons. The molecule has 0 spiro atoms. The summed E-state index contributed by atoms with van der Waals surface area (Å²) >= 11 is 0. The van der Waals surface area contributed by atoms with Crippen LogP contribution in [-0.2, 0) is 11.6 Å². The van der Waals surface area contributed by atoms with Gasteiger partial charge >= 0.3 is 6.18 Å². The molecule has 0 aliphatic carbocycles. The summed E-state index contributed by atoms with van der Waals surface area (Å²) in [5.74, 6) is -1.66. The number of halogens is 5. The minimum Gasteiger partial charge on any atom is -0.290 e. The highest BCUT2D eigenvalue weighted by atomic mass is 19.4. The molecule has 4 aromatic heterocycles. The molecule has 0 fully saturated rings. The van der Waals surface area contributed by atoms with E-state index in [-0.39, 0.29) is 17.1 Å². The lowest BCUT2D eigenvalue weighted by atomic mass is 9.84. The smallest absolute Gasteiger partial charge is 0.290 e. The van der Waals surface area contributed by atoms with Gasteiger partial charge in [-0.3, -0.25) is 9.55 Å². The summed E-state index contributed by atoms with van der Waals surface area (Å²) in [6.45, 7) is 3.67. The zero-order valence-electron chi connectivity index (χ0n) is 16.9. The summed E-state index contributed by atoms with van der Waals surface area (Å²) < 4.78 is 67.1. The van der Waals surface area contributed by atoms with Crippen LogP contribution in [0.2, 0.25) is 0 Å². The number of aromatic nitrogens is 5. The molecule has 0 bridgehead atoms. The first kappa shape index (κ1) is 21.5. The summed E-state index contributed by atoms with van der Waals surface area (Å²) in [5.41, 5.74) is -0.438. The average molecular weight is 445 g/mol. The van der Waals surface area contributed by atoms with Gasteiger partial charge in [-0.2, -0.15) is 26.9 Å². The summed E-state index contributed by atoms with van der Waals surface area (Å²) in [6, 6.07) is 12.2. The predicted molar refractivity (Wildman–Crippen MR) is 106 cm³/mol. The molecule has 0 aromatic carbocycles. The van der Waals surface area contributed by atoms with Gasteiger partial charge in [0.25, 0.3) is 0 Å². The third kappa shape index (κ3) is 4.08. The first-order valence-electron chi connectivity index (χ1n) is 9.45. The third-order valence-electron chi connectivity index (χ3n) is 4.99. The van der Waals surface area contributed by atoms with Crippen LogP contribution in [0.15, 0.2) is 61.1 Å². The highest BCUT2D eigenvalue weighted by molar-refractivity contribution is 5.59. The van der Waals surface area contributed by atoms with Crippen molar-refractivity contribution in [3.63, 3.8) is 0 Å². The molecule has 0 aliphatic heterocycles. The molecule has 0 aliphatic rings. The van der Waals surface area contributed by atoms with Crippen LogP contribution >= 0.6 is 0 Å². The van der Waals surface area contributed by atoms with Gasteiger partial charge in [0.2, 0.25) is 11.9 Å². The summed E-state index contributed by atoms with van der Waals surface area (Å²) in [5, 5.41) is 0. The molecule has 0 saturated carbocycles. The van der Waals surface area contributed by atoms with E-state index in [9.17, 15) is 22.0 Å². The molecule has 0 radical (unpaired) electrons. The van der Waals surface area contributed by atoms with E-state index in [1.54, 1.807) is 36.4 Å². The first-order valence-corrected chi connectivity index (χ1v) is 9.45. The topological polar surface area (TPSA) is 56.5 Å². The van der Waals surface area contributed by atoms with Gasteiger partial charge in [0.05, 0.1) is 22.6 Å². The van der Waals surface area contributed by atoms with Crippen LogP contribution in [0.4, 0.5) is 22.0 Å². The fraction of sp³-hybridized carbons (Fsp3) is 0.182. The van der Waals surface area contributed by atoms with Crippen molar-refractivity contribution in [1.29, 1.82) is 0 Å². The number of hydrogen-bond acceptors (Lipinski definition) is 4. The Kier molecular flexibility index (Phi) is 5.23. The summed E-state index contributed by atoms with van der Waals surface area (Å²) in [6.07, 6.45) is -2.65. The normalized spacial score (nSPS) is 12.2. The van der Waals surface area contributed by atoms with E-state index in [2.05, 4.69) is 19.9 Å². The molecule has 32 heavy (non-hydrogen) atoms. The Labute approximate surface area is 179 Å². The van der Waals surface area contributed by atoms with E-state index in [1.807, 2.05) is 13.8 Å². The van der Waals surface area contributed by atoms with E-state index >= 15 is 0 Å². The van der Waals surface area contributed by atoms with Crippen molar-refractivity contribution in [3.8, 4) is 17.1 Å². The lowest BCUT2D eigenvalue weighted by molar-refractivity contribution is -0.140. The second-order valence-corrected chi connectivity index (χ2v) is 7.55. The quantitative estimate of drug-likeness (QED) is 0.314. The van der Waals surface area contributed by atoms with Gasteiger partial charge in [-0.25, -0.2) is 9.97 Å². The molecule has 0 amide bonds. The average Bonchev–Trinajstić information content (AvgIpc) is 3.25. The van der Waals surface area contributed by atoms with Crippen LogP contribution in [0.5, 0.6) is 0 Å². The van der Waals surface area contributed by atoms with E-state index in [4.69, 9.17) is 0 Å². The largest absolute Gasteiger partial charge is 0.434 e. The molecule has 0 unspecified atom stereocenters. The lowest BCUT2D eigenvalue weighted by Gasteiger charge is -2.24. The van der Waals surface area contributed by atoms with Crippen LogP contribution < -0.4 is 0 Å². The Hall–Kier alpha value is -3.69. The van der Waals surface area contributed by atoms with Crippen molar-refractivity contribution >= 4 is 0 Å². The molecular weight excluding hydrogens is 429 g/mol. The molecule has 0 atom stereocenters. The van der Waals surface area contributed by atoms with E-state index in [0.717, 1.165) is 18.6 Å². The van der Waals surface area contributed by atoms with Crippen molar-refractivity contribution < 1.29 is 22.0 Å². The van der Waals surface area contributed by atoms with E-state index in [0.29, 0.717) is 11.4 Å². The maximum absolute atomic E-state index is 14.1. The van der Waals surface area contributed by atoms with Crippen molar-refractivity contribution in [2.75, 3.05) is 0 Å². The van der Waals surface area contributed by atoms with Crippen LogP contribution in [0.25, 0.3) is 17.1 Å². The molecule has 0 saturated heterocycles. The number of alkyl halides is 3. The minimum absolute atomic E-state index is 0.0452. The van der Waals surface area contributed by atoms with Crippen LogP contribution in [0.3, 0.4) is 0 Å². The second-order valence-electron chi connectivity index (χ2n) is 7.55. The second kappa shape index (κ2) is 7.77. The fourth-order valence-corrected chi connectivity index (χ4v) is 3.18. The van der Waals surface area contributed by atoms with Gasteiger partial charge in [0.1, 0.15) is 12.1 Å². The van der Waals surface area contributed by atoms with Gasteiger partial charge in [-0.1, -0.05) is 12.1 Å². The van der Waals surface area contributed by atoms with Crippen molar-refractivity contribution in [3.05, 3.63) is 90.0 Å². The summed E-state index contributed by atoms with van der Waals surface area (Å²) in [4.78, 5) is 15.6. The van der Waals surface area contributed by atoms with E-state index < -0.39 is 29.2 Å². The molecule has 4 aromatic rings. The number of nitrogens with zero attached hydrogens (tertiary/aromatic N) is 5. The first-order chi connectivity index (χ1) is 15.1. The monoisotopic (exact) mass is 445 g/mol. The lowest BCUT2D eigenvalue weighted by Crippen LogP contribution is -2.23. The number of hydrogen-bond donors (Lipinski definition) is 0. The molecule has 4 rings (SSSR count). The maximum Gasteiger partial charge on any atom is 0.434 e. The van der Waals surface area contributed by atoms with Crippen molar-refractivity contribution in [1.82, 2.24) is 24.5 Å². The highest BCUT2D eigenvalue weighted by Crippen LogP contribution is 2.32. The van der Waals surface area contributed by atoms with Gasteiger partial charge < -0.3 is 0 Å². The Balaban J connectivity index is 1.71. The molecule has 10 heteroatoms. The fourth-order valence-electron chi connectivity index (χ4n) is 3.18. The Morgan fingerprint density at radius 3 is 2.12 bits per heavy atom. The Morgan fingerprint density at radius 2 is 1.47 bits per heavy atom. The molecular formula is C22H16F5N5. The van der Waals surface area contributed by atoms with Crippen molar-refractivity contribution in [2.45, 2.75) is 25.4 Å². The highest BCUT2D eigenvalue weighted by Gasteiger charge is 2.34. The zero-order valence-corrected chi connectivity index (χ0v) is 16.9. The number of pyridine rings is 3. The minimum atomic E-state index is -4.56. The predicted octanol–water partition coefficient (Wildman–Crippen LogP) is 5.35. The zero-order chi connectivity index (χ0) is 23.1. The van der Waals surface area contributed by atoms with E-state index in [1.165, 1.54) is 10.6 Å². The Bertz CT molecular complexity index is 1280. The van der Waals surface area contributed by atoms with Crippen molar-refractivity contribution in [2.24, 2.45) is 0 Å². The van der Waals surface area contributed by atoms with Crippen LogP contribution in [-0.4, -0.2) is 24.5 Å². The molecule has 4 heterocycles. The Morgan fingerprint density at radius 1 is 0.781 bits per heavy atom. The standard InChI is InChI=1S/C22H16F5N5/c1-21(2,15-6-3-5-14(29-15)13-9-10-18(23)31-20(13)24)16-7-4-8-19(30-16)32-11-17(28-12-32)22(25,26)27/h3-12H,1-2H3. The van der Waals surface area contributed by atoms with Gasteiger partial charge in [-0.05, 0) is 50.2 Å². The van der Waals surface area contributed by atoms with Gasteiger partial charge in [0, 0.05) is 11.6 Å². The number of imidazole rings is 1. The maximum atomic E-state index is 14.1. The third-order valence-corrected chi connectivity index (χ3v) is 4.99. The van der Waals surface area contributed by atoms with Crippen LogP contribution in [0, 0.1) is 11.9 Å². The molecule has 5 nitrogen and oxygen atoms in total. The van der Waals surface area contributed by atoms with Gasteiger partial charge in [-0.15, -0.1) is 0 Å². The summed E-state index contributed by atoms with van der Waals surface area (Å²) in [7, 11) is 0. The molecule has 0 N–H and O–H groups in total. The number of rotatable bonds is 4. The SMILES string of the molecule is CC(C)(c1cccc(-c2ccc(F)nc2F)n1)c1cccc(-n2cnc(C(F)(F)F)c2)n1. The van der Waals surface area contributed by atoms with Gasteiger partial charge in [0.15, 0.2) is 5.69 Å².